The number of carbonyl (C=O) groups is 1. The standard InChI is InChI=1S/C18H30N2O2S/c1-6-23-12-8-11-19-16-10-7-9-15(13-16)14-20(5)17(21)22-18(2,3)4/h7,9-10,13,19H,6,8,11-12,14H2,1-5H3. The van der Waals surface area contributed by atoms with Crippen LogP contribution in [0.3, 0.4) is 0 Å². The van der Waals surface area contributed by atoms with Gasteiger partial charge < -0.3 is 15.0 Å². The van der Waals surface area contributed by atoms with Crippen molar-refractivity contribution in [2.45, 2.75) is 46.3 Å². The number of benzene rings is 1. The van der Waals surface area contributed by atoms with Crippen LogP contribution >= 0.6 is 11.8 Å². The molecule has 1 aromatic rings. The highest BCUT2D eigenvalue weighted by atomic mass is 32.2. The summed E-state index contributed by atoms with van der Waals surface area (Å²) in [5.74, 6) is 2.36. The summed E-state index contributed by atoms with van der Waals surface area (Å²) in [6, 6.07) is 8.19. The summed E-state index contributed by atoms with van der Waals surface area (Å²) in [4.78, 5) is 13.6. The van der Waals surface area contributed by atoms with Crippen molar-refractivity contribution in [2.75, 3.05) is 30.4 Å². The van der Waals surface area contributed by atoms with Gasteiger partial charge in [0.2, 0.25) is 0 Å². The van der Waals surface area contributed by atoms with Crippen molar-refractivity contribution in [1.29, 1.82) is 0 Å². The molecule has 1 aromatic carbocycles. The number of anilines is 1. The lowest BCUT2D eigenvalue weighted by atomic mass is 10.2. The van der Waals surface area contributed by atoms with Gasteiger partial charge in [0, 0.05) is 25.8 Å². The van der Waals surface area contributed by atoms with Crippen molar-refractivity contribution in [3.63, 3.8) is 0 Å². The summed E-state index contributed by atoms with van der Waals surface area (Å²) in [5, 5.41) is 3.44. The molecule has 0 spiro atoms. The Morgan fingerprint density at radius 3 is 2.74 bits per heavy atom. The van der Waals surface area contributed by atoms with Crippen molar-refractivity contribution < 1.29 is 9.53 Å². The van der Waals surface area contributed by atoms with Crippen LogP contribution in [0.5, 0.6) is 0 Å². The summed E-state index contributed by atoms with van der Waals surface area (Å²) < 4.78 is 5.37. The third kappa shape index (κ3) is 8.74. The van der Waals surface area contributed by atoms with Gasteiger partial charge in [0.25, 0.3) is 0 Å². The average Bonchev–Trinajstić information content (AvgIpc) is 2.45. The highest BCUT2D eigenvalue weighted by molar-refractivity contribution is 7.99. The Kier molecular flexibility index (Phi) is 8.31. The number of nitrogens with zero attached hydrogens (tertiary/aromatic N) is 1. The zero-order valence-electron chi connectivity index (χ0n) is 15.0. The predicted molar refractivity (Wildman–Crippen MR) is 100 cm³/mol. The van der Waals surface area contributed by atoms with Gasteiger partial charge in [-0.1, -0.05) is 19.1 Å². The molecule has 0 aliphatic carbocycles. The van der Waals surface area contributed by atoms with E-state index in [2.05, 4.69) is 24.4 Å². The number of hydrogen-bond donors (Lipinski definition) is 1. The van der Waals surface area contributed by atoms with E-state index >= 15 is 0 Å². The van der Waals surface area contributed by atoms with Crippen molar-refractivity contribution in [2.24, 2.45) is 0 Å². The number of hydrogen-bond acceptors (Lipinski definition) is 4. The van der Waals surface area contributed by atoms with Crippen LogP contribution in [-0.4, -0.2) is 41.7 Å². The first-order chi connectivity index (χ1) is 10.8. The minimum atomic E-state index is -0.467. The quantitative estimate of drug-likeness (QED) is 0.703. The van der Waals surface area contributed by atoms with Crippen molar-refractivity contribution in [3.8, 4) is 0 Å². The molecule has 23 heavy (non-hydrogen) atoms. The third-order valence-electron chi connectivity index (χ3n) is 3.05. The SMILES string of the molecule is CCSCCCNc1cccc(CN(C)C(=O)OC(C)(C)C)c1. The molecular weight excluding hydrogens is 308 g/mol. The fourth-order valence-corrected chi connectivity index (χ4v) is 2.65. The van der Waals surface area contributed by atoms with Crippen LogP contribution in [0.25, 0.3) is 0 Å². The molecule has 0 fully saturated rings. The molecule has 0 heterocycles. The molecule has 5 heteroatoms. The van der Waals surface area contributed by atoms with Gasteiger partial charge >= 0.3 is 6.09 Å². The maximum Gasteiger partial charge on any atom is 0.410 e. The Hall–Kier alpha value is -1.36. The van der Waals surface area contributed by atoms with E-state index < -0.39 is 5.60 Å². The second kappa shape index (κ2) is 9.71. The van der Waals surface area contributed by atoms with Crippen LogP contribution in [0.15, 0.2) is 24.3 Å². The summed E-state index contributed by atoms with van der Waals surface area (Å²) >= 11 is 1.96. The molecule has 0 unspecified atom stereocenters. The molecule has 1 amide bonds. The lowest BCUT2D eigenvalue weighted by molar-refractivity contribution is 0.0285. The first-order valence-corrected chi connectivity index (χ1v) is 9.32. The van der Waals surface area contributed by atoms with Gasteiger partial charge in [0.1, 0.15) is 5.60 Å². The Bertz CT molecular complexity index is 486. The molecule has 0 saturated carbocycles. The van der Waals surface area contributed by atoms with Gasteiger partial charge in [-0.15, -0.1) is 0 Å². The molecule has 4 nitrogen and oxygen atoms in total. The number of rotatable bonds is 8. The molecule has 0 aliphatic rings. The largest absolute Gasteiger partial charge is 0.444 e. The van der Waals surface area contributed by atoms with E-state index in [1.165, 1.54) is 11.5 Å². The second-order valence-corrected chi connectivity index (χ2v) is 7.91. The second-order valence-electron chi connectivity index (χ2n) is 6.51. The maximum atomic E-state index is 12.0. The van der Waals surface area contributed by atoms with Crippen molar-refractivity contribution >= 4 is 23.5 Å². The molecule has 1 rings (SSSR count). The van der Waals surface area contributed by atoms with Crippen LogP contribution in [0.2, 0.25) is 0 Å². The highest BCUT2D eigenvalue weighted by Gasteiger charge is 2.19. The molecule has 130 valence electrons. The zero-order chi connectivity index (χ0) is 17.3. The summed E-state index contributed by atoms with van der Waals surface area (Å²) in [6.07, 6.45) is 0.855. The van der Waals surface area contributed by atoms with Gasteiger partial charge in [-0.3, -0.25) is 0 Å². The Morgan fingerprint density at radius 2 is 2.09 bits per heavy atom. The van der Waals surface area contributed by atoms with Crippen LogP contribution in [0.1, 0.15) is 39.7 Å². The molecular formula is C18H30N2O2S. The normalized spacial score (nSPS) is 11.2. The van der Waals surface area contributed by atoms with E-state index in [0.29, 0.717) is 6.54 Å². The smallest absolute Gasteiger partial charge is 0.410 e. The highest BCUT2D eigenvalue weighted by Crippen LogP contribution is 2.15. The van der Waals surface area contributed by atoms with E-state index in [1.54, 1.807) is 11.9 Å². The Labute approximate surface area is 145 Å². The fourth-order valence-electron chi connectivity index (χ4n) is 2.01. The molecule has 0 aliphatic heterocycles. The molecule has 0 radical (unpaired) electrons. The minimum absolute atomic E-state index is 0.299. The van der Waals surface area contributed by atoms with Gasteiger partial charge in [-0.2, -0.15) is 11.8 Å². The van der Waals surface area contributed by atoms with Crippen molar-refractivity contribution in [3.05, 3.63) is 29.8 Å². The lowest BCUT2D eigenvalue weighted by Crippen LogP contribution is -2.33. The van der Waals surface area contributed by atoms with Crippen LogP contribution in [-0.2, 0) is 11.3 Å². The minimum Gasteiger partial charge on any atom is -0.444 e. The van der Waals surface area contributed by atoms with E-state index in [0.717, 1.165) is 24.2 Å². The van der Waals surface area contributed by atoms with Crippen LogP contribution < -0.4 is 5.32 Å². The van der Waals surface area contributed by atoms with Gasteiger partial charge in [0.05, 0.1) is 0 Å². The number of carbonyl (C=O) groups excluding carboxylic acids is 1. The first kappa shape index (κ1) is 19.7. The number of thioether (sulfide) groups is 1. The van der Waals surface area contributed by atoms with Crippen molar-refractivity contribution in [1.82, 2.24) is 4.90 Å². The molecule has 1 N–H and O–H groups in total. The average molecular weight is 339 g/mol. The van der Waals surface area contributed by atoms with Crippen LogP contribution in [0.4, 0.5) is 10.5 Å². The molecule has 0 atom stereocenters. The number of nitrogens with one attached hydrogen (secondary N) is 1. The lowest BCUT2D eigenvalue weighted by Gasteiger charge is -2.24. The van der Waals surface area contributed by atoms with E-state index in [-0.39, 0.29) is 6.09 Å². The van der Waals surface area contributed by atoms with E-state index in [9.17, 15) is 4.79 Å². The van der Waals surface area contributed by atoms with Gasteiger partial charge in [-0.05, 0) is 56.4 Å². The fraction of sp³-hybridized carbons (Fsp3) is 0.611. The van der Waals surface area contributed by atoms with Gasteiger partial charge in [-0.25, -0.2) is 4.79 Å². The summed E-state index contributed by atoms with van der Waals surface area (Å²) in [5.41, 5.74) is 1.72. The summed E-state index contributed by atoms with van der Waals surface area (Å²) in [7, 11) is 1.76. The van der Waals surface area contributed by atoms with Gasteiger partial charge in [0.15, 0.2) is 0 Å². The molecule has 0 aromatic heterocycles. The first-order valence-electron chi connectivity index (χ1n) is 8.16. The molecule has 0 bridgehead atoms. The molecule has 0 saturated heterocycles. The summed E-state index contributed by atoms with van der Waals surface area (Å²) in [6.45, 7) is 9.32. The Balaban J connectivity index is 2.48. The topological polar surface area (TPSA) is 41.6 Å². The zero-order valence-corrected chi connectivity index (χ0v) is 15.8. The monoisotopic (exact) mass is 338 g/mol. The van der Waals surface area contributed by atoms with E-state index in [4.69, 9.17) is 4.74 Å². The van der Waals surface area contributed by atoms with Crippen LogP contribution in [0, 0.1) is 0 Å². The third-order valence-corrected chi connectivity index (χ3v) is 4.04. The number of amides is 1. The predicted octanol–water partition coefficient (Wildman–Crippen LogP) is 4.61. The van der Waals surface area contributed by atoms with E-state index in [1.807, 2.05) is 44.7 Å². The maximum absolute atomic E-state index is 12.0. The Morgan fingerprint density at radius 1 is 1.35 bits per heavy atom. The number of ether oxygens (including phenoxy) is 1.